The van der Waals surface area contributed by atoms with Gasteiger partial charge < -0.3 is 4.74 Å². The van der Waals surface area contributed by atoms with Gasteiger partial charge in [-0.25, -0.2) is 4.79 Å². The number of benzene rings is 2. The summed E-state index contributed by atoms with van der Waals surface area (Å²) >= 11 is 3.08. The second-order valence-corrected chi connectivity index (χ2v) is 5.07. The molecule has 0 saturated carbocycles. The molecule has 22 heavy (non-hydrogen) atoms. The lowest BCUT2D eigenvalue weighted by atomic mass is 10.2. The highest BCUT2D eigenvalue weighted by Gasteiger charge is 2.18. The number of nitrogens with one attached hydrogen (secondary N) is 1. The SMILES string of the molecule is O=C(Nc1ccccc1)OCc1cc(F)c([N+](=O)[O-])cc1Br. The van der Waals surface area contributed by atoms with Gasteiger partial charge in [0.1, 0.15) is 6.61 Å². The molecule has 1 amide bonds. The third kappa shape index (κ3) is 4.01. The van der Waals surface area contributed by atoms with E-state index in [1.54, 1.807) is 30.3 Å². The van der Waals surface area contributed by atoms with Gasteiger partial charge in [-0.3, -0.25) is 15.4 Å². The van der Waals surface area contributed by atoms with Crippen LogP contribution >= 0.6 is 15.9 Å². The Balaban J connectivity index is 2.01. The van der Waals surface area contributed by atoms with Gasteiger partial charge in [0.05, 0.1) is 4.92 Å². The molecule has 0 unspecified atom stereocenters. The van der Waals surface area contributed by atoms with Crippen LogP contribution in [-0.2, 0) is 11.3 Å². The number of nitro groups is 1. The van der Waals surface area contributed by atoms with Crippen LogP contribution in [0.15, 0.2) is 46.9 Å². The number of ether oxygens (including phenoxy) is 1. The summed E-state index contributed by atoms with van der Waals surface area (Å²) in [6, 6.07) is 10.6. The van der Waals surface area contributed by atoms with Crippen molar-refractivity contribution in [2.75, 3.05) is 5.32 Å². The smallest absolute Gasteiger partial charge is 0.411 e. The van der Waals surface area contributed by atoms with E-state index in [1.165, 1.54) is 0 Å². The Morgan fingerprint density at radius 1 is 1.32 bits per heavy atom. The van der Waals surface area contributed by atoms with Crippen molar-refractivity contribution in [3.63, 3.8) is 0 Å². The van der Waals surface area contributed by atoms with Crippen LogP contribution in [0.25, 0.3) is 0 Å². The summed E-state index contributed by atoms with van der Waals surface area (Å²) in [5.74, 6) is -0.990. The highest BCUT2D eigenvalue weighted by atomic mass is 79.9. The van der Waals surface area contributed by atoms with Gasteiger partial charge in [0.25, 0.3) is 0 Å². The Morgan fingerprint density at radius 2 is 2.00 bits per heavy atom. The molecule has 0 aliphatic heterocycles. The molecule has 0 aliphatic carbocycles. The van der Waals surface area contributed by atoms with Crippen LogP contribution in [0.2, 0.25) is 0 Å². The molecule has 0 bridgehead atoms. The van der Waals surface area contributed by atoms with E-state index in [-0.39, 0.29) is 16.6 Å². The van der Waals surface area contributed by atoms with Crippen molar-refractivity contribution in [3.8, 4) is 0 Å². The minimum absolute atomic E-state index is 0.228. The number of nitrogens with zero attached hydrogens (tertiary/aromatic N) is 1. The first-order valence-corrected chi connectivity index (χ1v) is 6.88. The number of halogens is 2. The first-order chi connectivity index (χ1) is 10.5. The fourth-order valence-corrected chi connectivity index (χ4v) is 2.09. The quantitative estimate of drug-likeness (QED) is 0.646. The number of hydrogen-bond donors (Lipinski definition) is 1. The van der Waals surface area contributed by atoms with Gasteiger partial charge in [-0.05, 0) is 18.2 Å². The molecular weight excluding hydrogens is 359 g/mol. The van der Waals surface area contributed by atoms with Crippen LogP contribution in [0.4, 0.5) is 20.6 Å². The summed E-state index contributed by atoms with van der Waals surface area (Å²) in [7, 11) is 0. The lowest BCUT2D eigenvalue weighted by Gasteiger charge is -2.08. The van der Waals surface area contributed by atoms with Crippen LogP contribution < -0.4 is 5.32 Å². The summed E-state index contributed by atoms with van der Waals surface area (Å²) < 4.78 is 18.8. The molecule has 2 rings (SSSR count). The van der Waals surface area contributed by atoms with Gasteiger partial charge in [-0.1, -0.05) is 34.1 Å². The van der Waals surface area contributed by atoms with E-state index < -0.39 is 22.5 Å². The molecule has 8 heteroatoms. The Labute approximate surface area is 133 Å². The highest BCUT2D eigenvalue weighted by Crippen LogP contribution is 2.27. The summed E-state index contributed by atoms with van der Waals surface area (Å²) in [5, 5.41) is 13.1. The van der Waals surface area contributed by atoms with E-state index in [9.17, 15) is 19.3 Å². The third-order valence-corrected chi connectivity index (χ3v) is 3.43. The topological polar surface area (TPSA) is 81.5 Å². The van der Waals surface area contributed by atoms with E-state index >= 15 is 0 Å². The van der Waals surface area contributed by atoms with Gasteiger partial charge >= 0.3 is 11.8 Å². The molecule has 114 valence electrons. The number of carbonyl (C=O) groups is 1. The maximum atomic E-state index is 13.5. The molecule has 0 atom stereocenters. The third-order valence-electron chi connectivity index (χ3n) is 2.69. The zero-order valence-electron chi connectivity index (χ0n) is 11.1. The molecular formula is C14H10BrFN2O4. The standard InChI is InChI=1S/C14H10BrFN2O4/c15-11-7-13(18(20)21)12(16)6-9(11)8-22-14(19)17-10-4-2-1-3-5-10/h1-7H,8H2,(H,17,19). The number of anilines is 1. The molecule has 0 aromatic heterocycles. The van der Waals surface area contributed by atoms with Crippen molar-refractivity contribution in [3.05, 3.63) is 68.4 Å². The molecule has 0 radical (unpaired) electrons. The first kappa shape index (κ1) is 15.9. The van der Waals surface area contributed by atoms with Gasteiger partial charge in [-0.2, -0.15) is 4.39 Å². The molecule has 6 nitrogen and oxygen atoms in total. The molecule has 0 saturated heterocycles. The number of amides is 1. The van der Waals surface area contributed by atoms with Crippen LogP contribution in [0, 0.1) is 15.9 Å². The predicted molar refractivity (Wildman–Crippen MR) is 81.0 cm³/mol. The van der Waals surface area contributed by atoms with Crippen molar-refractivity contribution in [2.24, 2.45) is 0 Å². The maximum absolute atomic E-state index is 13.5. The molecule has 2 aromatic carbocycles. The summed E-state index contributed by atoms with van der Waals surface area (Å²) in [6.45, 7) is -0.228. The van der Waals surface area contributed by atoms with Crippen molar-refractivity contribution in [2.45, 2.75) is 6.61 Å². The average Bonchev–Trinajstić information content (AvgIpc) is 2.48. The molecule has 0 fully saturated rings. The Kier molecular flexibility index (Phi) is 5.05. The highest BCUT2D eigenvalue weighted by molar-refractivity contribution is 9.10. The molecule has 0 spiro atoms. The van der Waals surface area contributed by atoms with Gasteiger partial charge in [0, 0.05) is 21.8 Å². The minimum atomic E-state index is -0.990. The molecule has 0 heterocycles. The lowest BCUT2D eigenvalue weighted by molar-refractivity contribution is -0.387. The Bertz CT molecular complexity index is 709. The number of hydrogen-bond acceptors (Lipinski definition) is 4. The second-order valence-electron chi connectivity index (χ2n) is 4.22. The normalized spacial score (nSPS) is 10.1. The van der Waals surface area contributed by atoms with Crippen molar-refractivity contribution >= 4 is 33.4 Å². The summed E-state index contributed by atoms with van der Waals surface area (Å²) in [4.78, 5) is 21.4. The van der Waals surface area contributed by atoms with Gasteiger partial charge in [-0.15, -0.1) is 0 Å². The van der Waals surface area contributed by atoms with E-state index in [4.69, 9.17) is 4.74 Å². The van der Waals surface area contributed by atoms with Crippen LogP contribution in [0.1, 0.15) is 5.56 Å². The average molecular weight is 369 g/mol. The summed E-state index contributed by atoms with van der Waals surface area (Å²) in [6.07, 6.45) is -0.711. The van der Waals surface area contributed by atoms with Gasteiger partial charge in [0.2, 0.25) is 5.82 Å². The van der Waals surface area contributed by atoms with Gasteiger partial charge in [0.15, 0.2) is 0 Å². The zero-order chi connectivity index (χ0) is 16.1. The van der Waals surface area contributed by atoms with Crippen molar-refractivity contribution in [1.82, 2.24) is 0 Å². The number of carbonyl (C=O) groups excluding carboxylic acids is 1. The predicted octanol–water partition coefficient (Wildman–Crippen LogP) is 4.25. The first-order valence-electron chi connectivity index (χ1n) is 6.08. The molecule has 2 aromatic rings. The monoisotopic (exact) mass is 368 g/mol. The second kappa shape index (κ2) is 6.99. The number of para-hydroxylation sites is 1. The van der Waals surface area contributed by atoms with E-state index in [0.29, 0.717) is 5.69 Å². The molecule has 0 aliphatic rings. The molecule has 1 N–H and O–H groups in total. The van der Waals surface area contributed by atoms with E-state index in [0.717, 1.165) is 12.1 Å². The Morgan fingerprint density at radius 3 is 2.64 bits per heavy atom. The van der Waals surface area contributed by atoms with E-state index in [1.807, 2.05) is 0 Å². The fourth-order valence-electron chi connectivity index (χ4n) is 1.65. The zero-order valence-corrected chi connectivity index (χ0v) is 12.7. The van der Waals surface area contributed by atoms with Crippen LogP contribution in [-0.4, -0.2) is 11.0 Å². The largest absolute Gasteiger partial charge is 0.444 e. The number of rotatable bonds is 4. The fraction of sp³-hybridized carbons (Fsp3) is 0.0714. The maximum Gasteiger partial charge on any atom is 0.411 e. The van der Waals surface area contributed by atoms with Crippen molar-refractivity contribution in [1.29, 1.82) is 0 Å². The Hall–Kier alpha value is -2.48. The number of nitro benzene ring substituents is 1. The van der Waals surface area contributed by atoms with Crippen LogP contribution in [0.5, 0.6) is 0 Å². The lowest BCUT2D eigenvalue weighted by Crippen LogP contribution is -2.13. The van der Waals surface area contributed by atoms with Crippen LogP contribution in [0.3, 0.4) is 0 Å². The summed E-state index contributed by atoms with van der Waals surface area (Å²) in [5.41, 5.74) is 0.192. The van der Waals surface area contributed by atoms with Crippen molar-refractivity contribution < 1.29 is 18.8 Å². The van der Waals surface area contributed by atoms with E-state index in [2.05, 4.69) is 21.2 Å². The minimum Gasteiger partial charge on any atom is -0.444 e.